The lowest BCUT2D eigenvalue weighted by molar-refractivity contribution is 0.0669. The van der Waals surface area contributed by atoms with Crippen LogP contribution in [-0.4, -0.2) is 57.8 Å². The molecule has 4 rings (SSSR count). The molecule has 10 heteroatoms. The van der Waals surface area contributed by atoms with Crippen molar-refractivity contribution in [3.8, 4) is 12.3 Å². The van der Waals surface area contributed by atoms with Gasteiger partial charge in [-0.25, -0.2) is 9.97 Å². The van der Waals surface area contributed by atoms with Gasteiger partial charge in [0.2, 0.25) is 0 Å². The van der Waals surface area contributed by atoms with Crippen molar-refractivity contribution in [3.63, 3.8) is 0 Å². The zero-order chi connectivity index (χ0) is 22.9. The third kappa shape index (κ3) is 4.05. The Morgan fingerprint density at radius 2 is 1.84 bits per heavy atom. The maximum absolute atomic E-state index is 12.8. The molecule has 3 heterocycles. The molecule has 2 amide bonds. The van der Waals surface area contributed by atoms with Gasteiger partial charge >= 0.3 is 5.91 Å². The van der Waals surface area contributed by atoms with Gasteiger partial charge in [0.15, 0.2) is 17.5 Å². The van der Waals surface area contributed by atoms with Crippen molar-refractivity contribution in [3.05, 3.63) is 46.8 Å². The minimum absolute atomic E-state index is 0.0220. The molecule has 2 aliphatic rings. The number of benzene rings is 1. The smallest absolute Gasteiger partial charge is 0.302 e. The first-order valence-corrected chi connectivity index (χ1v) is 10.2. The molecule has 1 spiro atoms. The first-order chi connectivity index (χ1) is 15.3. The van der Waals surface area contributed by atoms with Gasteiger partial charge in [-0.3, -0.25) is 9.59 Å². The maximum Gasteiger partial charge on any atom is 0.302 e. The maximum atomic E-state index is 12.8. The Morgan fingerprint density at radius 1 is 1.16 bits per heavy atom. The number of nitrogens with zero attached hydrogens (tertiary/aromatic N) is 4. The molecule has 32 heavy (non-hydrogen) atoms. The fraction of sp³-hybridized carbons (Fsp3) is 0.318. The van der Waals surface area contributed by atoms with E-state index in [2.05, 4.69) is 31.5 Å². The Hall–Kier alpha value is -4.13. The molecule has 0 atom stereocenters. The topological polar surface area (TPSA) is 152 Å². The molecule has 0 saturated carbocycles. The predicted octanol–water partition coefficient (Wildman–Crippen LogP) is 0.295. The normalized spacial score (nSPS) is 18.1. The van der Waals surface area contributed by atoms with Crippen LogP contribution in [0.1, 0.15) is 44.9 Å². The van der Waals surface area contributed by atoms with Gasteiger partial charge in [0.05, 0.1) is 11.2 Å². The Morgan fingerprint density at radius 3 is 2.50 bits per heavy atom. The molecular formula is C22H24N8O2. The van der Waals surface area contributed by atoms with Gasteiger partial charge in [0.1, 0.15) is 5.82 Å². The van der Waals surface area contributed by atoms with E-state index < -0.39 is 5.91 Å². The Labute approximate surface area is 185 Å². The van der Waals surface area contributed by atoms with Crippen LogP contribution < -0.4 is 22.1 Å². The highest BCUT2D eigenvalue weighted by atomic mass is 16.2. The van der Waals surface area contributed by atoms with Crippen LogP contribution in [0.4, 0.5) is 11.6 Å². The summed E-state index contributed by atoms with van der Waals surface area (Å²) >= 11 is 0. The number of piperidine rings is 1. The lowest BCUT2D eigenvalue weighted by Crippen LogP contribution is -2.53. The van der Waals surface area contributed by atoms with Crippen LogP contribution in [0.2, 0.25) is 0 Å². The molecule has 2 aromatic rings. The second-order valence-electron chi connectivity index (χ2n) is 7.97. The van der Waals surface area contributed by atoms with Crippen LogP contribution in [0.5, 0.6) is 0 Å². The summed E-state index contributed by atoms with van der Waals surface area (Å²) in [4.78, 5) is 39.3. The number of hydrogen-bond donors (Lipinski definition) is 4. The van der Waals surface area contributed by atoms with E-state index >= 15 is 0 Å². The van der Waals surface area contributed by atoms with Gasteiger partial charge < -0.3 is 27.0 Å². The average Bonchev–Trinajstić information content (AvgIpc) is 3.18. The van der Waals surface area contributed by atoms with Crippen molar-refractivity contribution in [2.45, 2.75) is 25.3 Å². The van der Waals surface area contributed by atoms with E-state index in [0.29, 0.717) is 49.7 Å². The van der Waals surface area contributed by atoms with Crippen LogP contribution >= 0.6 is 0 Å². The third-order valence-corrected chi connectivity index (χ3v) is 5.83. The number of aliphatic imine (C=N–C) groups is 1. The zero-order valence-electron chi connectivity index (χ0n) is 17.7. The van der Waals surface area contributed by atoms with Gasteiger partial charge in [-0.15, -0.1) is 6.42 Å². The summed E-state index contributed by atoms with van der Waals surface area (Å²) in [6, 6.07) is 7.03. The Bertz CT molecular complexity index is 1140. The average molecular weight is 432 g/mol. The van der Waals surface area contributed by atoms with E-state index in [-0.39, 0.29) is 28.8 Å². The number of likely N-dealkylation sites (tertiary alicyclic amines) is 1. The summed E-state index contributed by atoms with van der Waals surface area (Å²) in [6.07, 6.45) is 6.80. The number of hydrogen-bond acceptors (Lipinski definition) is 6. The molecular weight excluding hydrogens is 408 g/mol. The first-order valence-electron chi connectivity index (χ1n) is 10.2. The van der Waals surface area contributed by atoms with Crippen molar-refractivity contribution in [2.75, 3.05) is 31.1 Å². The van der Waals surface area contributed by atoms with Crippen LogP contribution in [0.3, 0.4) is 0 Å². The highest BCUT2D eigenvalue weighted by Gasteiger charge is 2.40. The van der Waals surface area contributed by atoms with Crippen molar-refractivity contribution >= 4 is 29.4 Å². The third-order valence-electron chi connectivity index (χ3n) is 5.83. The highest BCUT2D eigenvalue weighted by Crippen LogP contribution is 2.26. The summed E-state index contributed by atoms with van der Waals surface area (Å²) in [5.74, 6) is 2.40. The predicted molar refractivity (Wildman–Crippen MR) is 121 cm³/mol. The number of nitrogens with two attached hydrogens (primary N) is 2. The summed E-state index contributed by atoms with van der Waals surface area (Å²) in [5.41, 5.74) is 12.9. The van der Waals surface area contributed by atoms with Gasteiger partial charge in [0, 0.05) is 30.8 Å². The number of nitrogens with one attached hydrogen (secondary N) is 2. The fourth-order valence-electron chi connectivity index (χ4n) is 3.85. The number of terminal acetylenes is 1. The lowest BCUT2D eigenvalue weighted by Gasteiger charge is -2.38. The summed E-state index contributed by atoms with van der Waals surface area (Å²) in [6.45, 7) is 3.41. The number of aromatic nitrogens is 2. The largest absolute Gasteiger partial charge is 0.382 e. The van der Waals surface area contributed by atoms with Gasteiger partial charge in [0.25, 0.3) is 5.91 Å². The second-order valence-corrected chi connectivity index (χ2v) is 7.97. The minimum Gasteiger partial charge on any atom is -0.382 e. The number of amides is 2. The highest BCUT2D eigenvalue weighted by molar-refractivity contribution is 6.04. The van der Waals surface area contributed by atoms with E-state index in [1.54, 1.807) is 31.2 Å². The first kappa shape index (κ1) is 21.1. The van der Waals surface area contributed by atoms with Gasteiger partial charge in [-0.05, 0) is 44.0 Å². The molecule has 0 unspecified atom stereocenters. The molecule has 0 radical (unpaired) electrons. The molecule has 0 aliphatic carbocycles. The van der Waals surface area contributed by atoms with E-state index in [9.17, 15) is 9.59 Å². The van der Waals surface area contributed by atoms with Gasteiger partial charge in [-0.1, -0.05) is 5.92 Å². The van der Waals surface area contributed by atoms with E-state index in [1.165, 1.54) is 0 Å². The fourth-order valence-corrected chi connectivity index (χ4v) is 3.85. The molecule has 1 aromatic heterocycles. The van der Waals surface area contributed by atoms with E-state index in [1.807, 2.05) is 4.90 Å². The number of nitrogen functional groups attached to an aromatic ring is 2. The second kappa shape index (κ2) is 8.19. The van der Waals surface area contributed by atoms with Crippen LogP contribution in [-0.2, 0) is 0 Å². The standard InChI is InChI=1S/C22H24N8O2/c1-3-14-4-6-15(7-5-14)20(32)30-10-8-22(9-11-30)12-25-21(29-22)28-19(31)16-18(24)27-17(23)13(2)26-16/h1,4-7H,8-12H2,2H3,(H4,23,24,27)(H2,25,28,29,31). The summed E-state index contributed by atoms with van der Waals surface area (Å²) in [7, 11) is 0. The van der Waals surface area contributed by atoms with Crippen molar-refractivity contribution in [1.82, 2.24) is 25.5 Å². The van der Waals surface area contributed by atoms with E-state index in [4.69, 9.17) is 17.9 Å². The zero-order valence-corrected chi connectivity index (χ0v) is 17.7. The quantitative estimate of drug-likeness (QED) is 0.495. The number of rotatable bonds is 2. The molecule has 6 N–H and O–H groups in total. The Kier molecular flexibility index (Phi) is 5.40. The number of aryl methyl sites for hydroxylation is 1. The Balaban J connectivity index is 1.39. The lowest BCUT2D eigenvalue weighted by atomic mass is 9.88. The number of carbonyl (C=O) groups excluding carboxylic acids is 2. The molecule has 2 fully saturated rings. The molecule has 1 aromatic carbocycles. The minimum atomic E-state index is -0.604. The SMILES string of the molecule is C#Cc1ccc(C(=O)N2CCC3(CC2)CN/C(=N\C(=O)c2nc(C)c(N)nc2N)N3)cc1. The van der Waals surface area contributed by atoms with E-state index in [0.717, 1.165) is 5.56 Å². The van der Waals surface area contributed by atoms with Gasteiger partial charge in [-0.2, -0.15) is 4.99 Å². The molecule has 2 aliphatic heterocycles. The van der Waals surface area contributed by atoms with Crippen molar-refractivity contribution in [2.24, 2.45) is 4.99 Å². The van der Waals surface area contributed by atoms with Crippen LogP contribution in [0.25, 0.3) is 0 Å². The summed E-state index contributed by atoms with van der Waals surface area (Å²) in [5, 5.41) is 6.44. The van der Waals surface area contributed by atoms with Crippen LogP contribution in [0.15, 0.2) is 29.3 Å². The number of carbonyl (C=O) groups is 2. The molecule has 10 nitrogen and oxygen atoms in total. The molecule has 2 saturated heterocycles. The van der Waals surface area contributed by atoms with Crippen LogP contribution in [0, 0.1) is 19.3 Å². The molecule has 164 valence electrons. The number of guanidine groups is 1. The van der Waals surface area contributed by atoms with Crippen molar-refractivity contribution in [1.29, 1.82) is 0 Å². The summed E-state index contributed by atoms with van der Waals surface area (Å²) < 4.78 is 0. The molecule has 0 bridgehead atoms. The number of anilines is 2. The van der Waals surface area contributed by atoms with Crippen molar-refractivity contribution < 1.29 is 9.59 Å². The monoisotopic (exact) mass is 432 g/mol.